The number of carbonyl (C=O) groups excluding carboxylic acids is 1. The van der Waals surface area contributed by atoms with Gasteiger partial charge in [0, 0.05) is 5.54 Å². The summed E-state index contributed by atoms with van der Waals surface area (Å²) in [5.74, 6) is 0.687. The zero-order chi connectivity index (χ0) is 25.3. The molecule has 2 saturated carbocycles. The second-order valence-electron chi connectivity index (χ2n) is 10.7. The van der Waals surface area contributed by atoms with Crippen LogP contribution >= 0.6 is 0 Å². The third kappa shape index (κ3) is 5.05. The SMILES string of the molecule is CC1CC2CC(C1)CC(C)(NC(=O)c1onc(OCc3ccccc3)c1S(=O)(=O)c1ccccc1)C2. The highest BCUT2D eigenvalue weighted by Crippen LogP contribution is 2.46. The normalized spacial score (nSPS) is 25.8. The van der Waals surface area contributed by atoms with E-state index in [1.54, 1.807) is 18.2 Å². The third-order valence-corrected chi connectivity index (χ3v) is 9.19. The Hall–Kier alpha value is -3.13. The molecule has 8 heteroatoms. The van der Waals surface area contributed by atoms with Gasteiger partial charge in [-0.05, 0) is 79.6 Å². The fourth-order valence-corrected chi connectivity index (χ4v) is 7.66. The number of nitrogens with one attached hydrogen (secondary N) is 1. The van der Waals surface area contributed by atoms with Crippen LogP contribution in [0.4, 0.5) is 0 Å². The minimum Gasteiger partial charge on any atom is -0.470 e. The van der Waals surface area contributed by atoms with Crippen molar-refractivity contribution in [3.05, 3.63) is 72.0 Å². The van der Waals surface area contributed by atoms with Crippen molar-refractivity contribution in [3.8, 4) is 5.88 Å². The van der Waals surface area contributed by atoms with Crippen molar-refractivity contribution in [2.75, 3.05) is 0 Å². The maximum atomic E-state index is 13.7. The fourth-order valence-electron chi connectivity index (χ4n) is 6.21. The maximum Gasteiger partial charge on any atom is 0.291 e. The second kappa shape index (κ2) is 9.73. The first-order chi connectivity index (χ1) is 17.2. The minimum atomic E-state index is -4.13. The van der Waals surface area contributed by atoms with Crippen LogP contribution in [0.2, 0.25) is 0 Å². The Bertz CT molecular complexity index is 1300. The summed E-state index contributed by atoms with van der Waals surface area (Å²) in [6.45, 7) is 4.44. The van der Waals surface area contributed by atoms with Gasteiger partial charge >= 0.3 is 0 Å². The smallest absolute Gasteiger partial charge is 0.291 e. The van der Waals surface area contributed by atoms with Crippen molar-refractivity contribution < 1.29 is 22.5 Å². The average Bonchev–Trinajstić information content (AvgIpc) is 3.28. The summed E-state index contributed by atoms with van der Waals surface area (Å²) in [5.41, 5.74) is 0.404. The third-order valence-electron chi connectivity index (χ3n) is 7.40. The molecule has 5 rings (SSSR count). The van der Waals surface area contributed by atoms with E-state index < -0.39 is 21.3 Å². The molecule has 2 aliphatic rings. The van der Waals surface area contributed by atoms with Gasteiger partial charge in [-0.1, -0.05) is 55.5 Å². The molecule has 2 aliphatic carbocycles. The van der Waals surface area contributed by atoms with Gasteiger partial charge in [0.2, 0.25) is 15.6 Å². The number of sulfone groups is 1. The lowest BCUT2D eigenvalue weighted by atomic mass is 9.62. The number of amides is 1. The summed E-state index contributed by atoms with van der Waals surface area (Å²) in [7, 11) is -4.13. The molecule has 2 unspecified atom stereocenters. The van der Waals surface area contributed by atoms with Gasteiger partial charge in [-0.3, -0.25) is 4.79 Å². The first-order valence-electron chi connectivity index (χ1n) is 12.5. The number of fused-ring (bicyclic) bond motifs is 2. The molecule has 0 radical (unpaired) electrons. The zero-order valence-electron chi connectivity index (χ0n) is 20.6. The van der Waals surface area contributed by atoms with Crippen molar-refractivity contribution >= 4 is 15.7 Å². The Morgan fingerprint density at radius 2 is 1.64 bits per heavy atom. The molecule has 1 aromatic heterocycles. The van der Waals surface area contributed by atoms with E-state index in [9.17, 15) is 13.2 Å². The van der Waals surface area contributed by atoms with E-state index in [0.717, 1.165) is 31.2 Å². The van der Waals surface area contributed by atoms with Gasteiger partial charge in [-0.25, -0.2) is 8.42 Å². The highest BCUT2D eigenvalue weighted by Gasteiger charge is 2.43. The molecule has 2 aromatic carbocycles. The number of hydrogen-bond acceptors (Lipinski definition) is 6. The van der Waals surface area contributed by atoms with Crippen LogP contribution in [0.25, 0.3) is 0 Å². The van der Waals surface area contributed by atoms with Gasteiger partial charge < -0.3 is 14.6 Å². The van der Waals surface area contributed by atoms with Crippen LogP contribution in [0, 0.1) is 17.8 Å². The number of hydrogen-bond donors (Lipinski definition) is 1. The molecule has 0 aliphatic heterocycles. The number of ether oxygens (including phenoxy) is 1. The van der Waals surface area contributed by atoms with E-state index in [4.69, 9.17) is 9.26 Å². The van der Waals surface area contributed by atoms with Crippen molar-refractivity contribution in [2.45, 2.75) is 67.9 Å². The summed E-state index contributed by atoms with van der Waals surface area (Å²) in [6, 6.07) is 17.3. The van der Waals surface area contributed by atoms with E-state index in [0.29, 0.717) is 17.8 Å². The molecule has 3 aromatic rings. The molecule has 7 nitrogen and oxygen atoms in total. The van der Waals surface area contributed by atoms with Crippen molar-refractivity contribution in [1.82, 2.24) is 10.5 Å². The van der Waals surface area contributed by atoms with Crippen molar-refractivity contribution in [1.29, 1.82) is 0 Å². The maximum absolute atomic E-state index is 13.7. The van der Waals surface area contributed by atoms with Gasteiger partial charge in [0.05, 0.1) is 4.90 Å². The number of rotatable bonds is 7. The van der Waals surface area contributed by atoms with E-state index in [1.807, 2.05) is 30.3 Å². The molecular weight excluding hydrogens is 476 g/mol. The number of benzene rings is 2. The Morgan fingerprint density at radius 1 is 1.03 bits per heavy atom. The van der Waals surface area contributed by atoms with Gasteiger partial charge in [-0.15, -0.1) is 0 Å². The number of nitrogens with zero attached hydrogens (tertiary/aromatic N) is 1. The number of carbonyl (C=O) groups is 1. The van der Waals surface area contributed by atoms with Crippen LogP contribution in [-0.2, 0) is 16.4 Å². The molecule has 2 atom stereocenters. The summed E-state index contributed by atoms with van der Waals surface area (Å²) in [6.07, 6.45) is 5.26. The molecule has 1 amide bonds. The zero-order valence-corrected chi connectivity index (χ0v) is 21.5. The van der Waals surface area contributed by atoms with Gasteiger partial charge in [0.1, 0.15) is 6.61 Å². The van der Waals surface area contributed by atoms with Crippen LogP contribution in [0.3, 0.4) is 0 Å². The second-order valence-corrected chi connectivity index (χ2v) is 12.6. The lowest BCUT2D eigenvalue weighted by Gasteiger charge is -2.47. The van der Waals surface area contributed by atoms with Crippen molar-refractivity contribution in [3.63, 3.8) is 0 Å². The van der Waals surface area contributed by atoms with E-state index in [1.165, 1.54) is 18.6 Å². The van der Waals surface area contributed by atoms with Crippen LogP contribution in [0.5, 0.6) is 5.88 Å². The standard InChI is InChI=1S/C28H32N2O5S/c1-19-13-21-15-22(14-19)17-28(2,16-21)29-26(31)24-25(36(32,33)23-11-7-4-8-12-23)27(30-35-24)34-18-20-9-5-3-6-10-20/h3-12,19,21-22H,13-18H2,1-2H3,(H,29,31). The van der Waals surface area contributed by atoms with Crippen molar-refractivity contribution in [2.24, 2.45) is 17.8 Å². The van der Waals surface area contributed by atoms with Gasteiger partial charge in [0.15, 0.2) is 4.90 Å². The Kier molecular flexibility index (Phi) is 6.64. The lowest BCUT2D eigenvalue weighted by Crippen LogP contribution is -2.52. The lowest BCUT2D eigenvalue weighted by molar-refractivity contribution is 0.0591. The summed E-state index contributed by atoms with van der Waals surface area (Å²) >= 11 is 0. The van der Waals surface area contributed by atoms with Crippen LogP contribution in [0.1, 0.15) is 62.1 Å². The molecule has 36 heavy (non-hydrogen) atoms. The minimum absolute atomic E-state index is 0.0409. The highest BCUT2D eigenvalue weighted by atomic mass is 32.2. The summed E-state index contributed by atoms with van der Waals surface area (Å²) in [4.78, 5) is 13.2. The largest absolute Gasteiger partial charge is 0.470 e. The molecule has 1 N–H and O–H groups in total. The average molecular weight is 509 g/mol. The quantitative estimate of drug-likeness (QED) is 0.458. The first kappa shape index (κ1) is 24.6. The Morgan fingerprint density at radius 3 is 2.28 bits per heavy atom. The van der Waals surface area contributed by atoms with E-state index in [-0.39, 0.29) is 28.0 Å². The molecule has 1 heterocycles. The fraction of sp³-hybridized carbons (Fsp3) is 0.429. The van der Waals surface area contributed by atoms with Crippen LogP contribution < -0.4 is 10.1 Å². The summed E-state index contributed by atoms with van der Waals surface area (Å²) < 4.78 is 38.5. The molecule has 0 spiro atoms. The van der Waals surface area contributed by atoms with E-state index in [2.05, 4.69) is 24.3 Å². The van der Waals surface area contributed by atoms with E-state index >= 15 is 0 Å². The predicted molar refractivity (Wildman–Crippen MR) is 134 cm³/mol. The van der Waals surface area contributed by atoms with Crippen LogP contribution in [0.15, 0.2) is 75.0 Å². The Labute approximate surface area is 212 Å². The molecule has 0 saturated heterocycles. The van der Waals surface area contributed by atoms with Gasteiger partial charge in [0.25, 0.3) is 11.8 Å². The highest BCUT2D eigenvalue weighted by molar-refractivity contribution is 7.91. The first-order valence-corrected chi connectivity index (χ1v) is 14.0. The monoisotopic (exact) mass is 508 g/mol. The molecular formula is C28H32N2O5S. The Balaban J connectivity index is 1.45. The summed E-state index contributed by atoms with van der Waals surface area (Å²) in [5, 5.41) is 7.00. The number of aromatic nitrogens is 1. The predicted octanol–water partition coefficient (Wildman–Crippen LogP) is 5.42. The van der Waals surface area contributed by atoms with Crippen LogP contribution in [-0.4, -0.2) is 25.0 Å². The van der Waals surface area contributed by atoms with Gasteiger partial charge in [-0.2, -0.15) is 0 Å². The molecule has 2 fully saturated rings. The molecule has 190 valence electrons. The topological polar surface area (TPSA) is 98.5 Å². The molecule has 2 bridgehead atoms.